The van der Waals surface area contributed by atoms with Gasteiger partial charge in [0.25, 0.3) is 0 Å². The summed E-state index contributed by atoms with van der Waals surface area (Å²) in [6.07, 6.45) is 0.158. The van der Waals surface area contributed by atoms with Gasteiger partial charge < -0.3 is 0 Å². The molecular weight excluding hydrogens is 316 g/mol. The molecule has 0 heterocycles. The van der Waals surface area contributed by atoms with Gasteiger partial charge in [-0.05, 0) is 61.4 Å². The Kier molecular flexibility index (Phi) is 8.15. The molecule has 0 atom stereocenters. The molecule has 0 fully saturated rings. The highest BCUT2D eigenvalue weighted by atomic mass is 17.6. The van der Waals surface area contributed by atoms with Crippen LogP contribution in [0.5, 0.6) is 0 Å². The molecule has 0 N–H and O–H groups in total. The molecule has 0 saturated heterocycles. The molecule has 0 aromatic rings. The maximum absolute atomic E-state index is 11.3. The lowest BCUT2D eigenvalue weighted by Crippen LogP contribution is -2.31. The van der Waals surface area contributed by atoms with Gasteiger partial charge >= 0.3 is 6.16 Å². The molecule has 0 aliphatic carbocycles. The summed E-state index contributed by atoms with van der Waals surface area (Å²) in [7, 11) is 0. The molecule has 0 rings (SSSR count). The zero-order chi connectivity index (χ0) is 19.2. The topological polar surface area (TPSA) is 72.5 Å². The van der Waals surface area contributed by atoms with E-state index in [1.165, 1.54) is 0 Å². The van der Waals surface area contributed by atoms with E-state index in [0.29, 0.717) is 12.8 Å². The van der Waals surface area contributed by atoms with Gasteiger partial charge in [0.1, 0.15) is 11.2 Å². The minimum absolute atomic E-state index is 0.0307. The van der Waals surface area contributed by atoms with Crippen LogP contribution >= 0.6 is 0 Å². The minimum atomic E-state index is -1.23. The summed E-state index contributed by atoms with van der Waals surface area (Å²) in [5.74, 6) is 0. The summed E-state index contributed by atoms with van der Waals surface area (Å²) in [5.41, 5.74) is -1.21. The molecule has 0 spiro atoms. The average molecular weight is 350 g/mol. The van der Waals surface area contributed by atoms with Gasteiger partial charge in [-0.3, -0.25) is 0 Å². The molecule has 0 bridgehead atoms. The lowest BCUT2D eigenvalue weighted by Gasteiger charge is -2.30. The van der Waals surface area contributed by atoms with Gasteiger partial charge in [0.05, 0.1) is 0 Å². The summed E-state index contributed by atoms with van der Waals surface area (Å²) in [6.45, 7) is 19.7. The lowest BCUT2D eigenvalue weighted by atomic mass is 9.84. The largest absolute Gasteiger partial charge is 0.577 e. The van der Waals surface area contributed by atoms with Crippen molar-refractivity contribution in [3.05, 3.63) is 0 Å². The molecule has 144 valence electrons. The smallest absolute Gasteiger partial charge is 0.226 e. The third-order valence-corrected chi connectivity index (χ3v) is 2.64. The molecule has 0 amide bonds. The Bertz CT molecular complexity index is 353. The van der Waals surface area contributed by atoms with Gasteiger partial charge in [0.2, 0.25) is 0 Å². The maximum Gasteiger partial charge on any atom is 0.577 e. The summed E-state index contributed by atoms with van der Waals surface area (Å²) >= 11 is 0. The van der Waals surface area contributed by atoms with Crippen LogP contribution in [0.4, 0.5) is 4.79 Å². The van der Waals surface area contributed by atoms with Crippen molar-refractivity contribution >= 4 is 6.16 Å². The predicted octanol–water partition coefficient (Wildman–Crippen LogP) is 5.30. The fourth-order valence-electron chi connectivity index (χ4n) is 2.90. The van der Waals surface area contributed by atoms with E-state index in [1.807, 2.05) is 27.7 Å². The Morgan fingerprint density at radius 1 is 0.625 bits per heavy atom. The maximum atomic E-state index is 11.3. The van der Waals surface area contributed by atoms with E-state index in [1.54, 1.807) is 0 Å². The van der Waals surface area contributed by atoms with E-state index < -0.39 is 17.4 Å². The highest BCUT2D eigenvalue weighted by Gasteiger charge is 2.30. The zero-order valence-corrected chi connectivity index (χ0v) is 16.8. The normalized spacial score (nSPS) is 13.8. The van der Waals surface area contributed by atoms with Crippen molar-refractivity contribution in [3.63, 3.8) is 0 Å². The number of carbonyl (C=O) groups excluding carboxylic acids is 1. The predicted molar refractivity (Wildman–Crippen MR) is 88.2 cm³/mol. The Morgan fingerprint density at radius 3 is 1.17 bits per heavy atom. The molecule has 7 nitrogen and oxygen atoms in total. The Labute approximate surface area is 145 Å². The SMILES string of the molecule is CC(C)(C)CC(C)(C)OOOC(=O)OOOC(C)(C)CC(C)(C)C. The molecule has 7 heteroatoms. The highest BCUT2D eigenvalue weighted by Crippen LogP contribution is 2.30. The van der Waals surface area contributed by atoms with Gasteiger partial charge in [-0.2, -0.15) is 14.6 Å². The summed E-state index contributed by atoms with van der Waals surface area (Å²) < 4.78 is 0. The van der Waals surface area contributed by atoms with Crippen LogP contribution in [0.1, 0.15) is 82.1 Å². The second-order valence-electron chi connectivity index (χ2n) is 9.71. The first-order valence-electron chi connectivity index (χ1n) is 8.10. The molecule has 0 aliphatic rings. The van der Waals surface area contributed by atoms with Crippen molar-refractivity contribution < 1.29 is 34.4 Å². The van der Waals surface area contributed by atoms with Crippen LogP contribution in [0.15, 0.2) is 0 Å². The van der Waals surface area contributed by atoms with E-state index in [-0.39, 0.29) is 10.8 Å². The van der Waals surface area contributed by atoms with E-state index in [4.69, 9.17) is 9.78 Å². The van der Waals surface area contributed by atoms with E-state index in [9.17, 15) is 4.79 Å². The first-order chi connectivity index (χ1) is 10.5. The van der Waals surface area contributed by atoms with Crippen LogP contribution in [0.25, 0.3) is 0 Å². The van der Waals surface area contributed by atoms with Crippen molar-refractivity contribution in [2.75, 3.05) is 0 Å². The van der Waals surface area contributed by atoms with Crippen molar-refractivity contribution in [2.45, 2.75) is 93.3 Å². The fraction of sp³-hybridized carbons (Fsp3) is 0.941. The van der Waals surface area contributed by atoms with Crippen molar-refractivity contribution in [3.8, 4) is 0 Å². The second kappa shape index (κ2) is 8.47. The van der Waals surface area contributed by atoms with Crippen LogP contribution in [-0.2, 0) is 29.6 Å². The minimum Gasteiger partial charge on any atom is -0.226 e. The van der Waals surface area contributed by atoms with Gasteiger partial charge in [-0.1, -0.05) is 41.5 Å². The molecule has 0 aromatic carbocycles. The standard InChI is InChI=1S/C17H34O7/c1-14(2,3)11-16(7,8)21-23-19-13(18)20-24-22-17(9,10)12-15(4,5)6/h11-12H2,1-10H3. The first-order valence-corrected chi connectivity index (χ1v) is 8.10. The lowest BCUT2D eigenvalue weighted by molar-refractivity contribution is -0.555. The summed E-state index contributed by atoms with van der Waals surface area (Å²) in [5, 5.41) is 8.92. The number of hydrogen-bond acceptors (Lipinski definition) is 7. The van der Waals surface area contributed by atoms with Crippen LogP contribution in [0, 0.1) is 10.8 Å². The van der Waals surface area contributed by atoms with Crippen molar-refractivity contribution in [1.82, 2.24) is 0 Å². The molecular formula is C17H34O7. The van der Waals surface area contributed by atoms with Gasteiger partial charge in [-0.15, -0.1) is 0 Å². The molecule has 0 aromatic heterocycles. The third kappa shape index (κ3) is 13.5. The quantitative estimate of drug-likeness (QED) is 0.434. The molecule has 24 heavy (non-hydrogen) atoms. The number of rotatable bonds is 8. The van der Waals surface area contributed by atoms with E-state index >= 15 is 0 Å². The van der Waals surface area contributed by atoms with Crippen LogP contribution in [-0.4, -0.2) is 17.4 Å². The Balaban J connectivity index is 4.04. The molecule has 0 aliphatic heterocycles. The Hall–Kier alpha value is -0.890. The van der Waals surface area contributed by atoms with Gasteiger partial charge in [-0.25, -0.2) is 9.78 Å². The zero-order valence-electron chi connectivity index (χ0n) is 16.8. The monoisotopic (exact) mass is 350 g/mol. The molecule has 0 unspecified atom stereocenters. The number of hydrogen-bond donors (Lipinski definition) is 0. The second-order valence-corrected chi connectivity index (χ2v) is 9.71. The summed E-state index contributed by atoms with van der Waals surface area (Å²) in [4.78, 5) is 30.1. The van der Waals surface area contributed by atoms with Gasteiger partial charge in [0.15, 0.2) is 0 Å². The van der Waals surface area contributed by atoms with Gasteiger partial charge in [0, 0.05) is 0 Å². The van der Waals surface area contributed by atoms with E-state index in [0.717, 1.165) is 0 Å². The van der Waals surface area contributed by atoms with Crippen LogP contribution in [0.3, 0.4) is 0 Å². The summed E-state index contributed by atoms with van der Waals surface area (Å²) in [6, 6.07) is 0. The highest BCUT2D eigenvalue weighted by molar-refractivity contribution is 5.57. The van der Waals surface area contributed by atoms with E-state index in [2.05, 4.69) is 61.4 Å². The van der Waals surface area contributed by atoms with Crippen molar-refractivity contribution in [1.29, 1.82) is 0 Å². The first kappa shape index (κ1) is 23.1. The molecule has 0 radical (unpaired) electrons. The Morgan fingerprint density at radius 2 is 0.917 bits per heavy atom. The van der Waals surface area contributed by atoms with Crippen molar-refractivity contribution in [2.24, 2.45) is 10.8 Å². The van der Waals surface area contributed by atoms with Crippen LogP contribution < -0.4 is 0 Å². The molecule has 0 saturated carbocycles. The fourth-order valence-corrected chi connectivity index (χ4v) is 2.90. The average Bonchev–Trinajstić information content (AvgIpc) is 2.20. The third-order valence-electron chi connectivity index (χ3n) is 2.64. The van der Waals surface area contributed by atoms with Crippen LogP contribution in [0.2, 0.25) is 0 Å². The number of carbonyl (C=O) groups is 1.